The van der Waals surface area contributed by atoms with Crippen molar-refractivity contribution in [1.82, 2.24) is 4.90 Å². The number of amides is 1. The van der Waals surface area contributed by atoms with Gasteiger partial charge in [0.2, 0.25) is 5.91 Å². The normalized spacial score (nSPS) is 17.0. The lowest BCUT2D eigenvalue weighted by Gasteiger charge is -2.37. The van der Waals surface area contributed by atoms with Gasteiger partial charge in [-0.25, -0.2) is 0 Å². The average molecular weight is 369 g/mol. The van der Waals surface area contributed by atoms with Crippen LogP contribution in [0.5, 0.6) is 0 Å². The zero-order chi connectivity index (χ0) is 19.4. The number of hydrogen-bond acceptors (Lipinski definition) is 3. The molecule has 152 valence electrons. The summed E-state index contributed by atoms with van der Waals surface area (Å²) in [4.78, 5) is 24.9. The minimum absolute atomic E-state index is 0.0396. The fraction of sp³-hybridized carbons (Fsp3) is 0.905. The molecule has 0 aromatic heterocycles. The molecule has 0 saturated carbocycles. The van der Waals surface area contributed by atoms with Crippen LogP contribution < -0.4 is 5.11 Å². The van der Waals surface area contributed by atoms with Crippen molar-refractivity contribution in [2.75, 3.05) is 32.7 Å². The van der Waals surface area contributed by atoms with Gasteiger partial charge in [-0.3, -0.25) is 4.79 Å². The Morgan fingerprint density at radius 1 is 0.962 bits per heavy atom. The lowest BCUT2D eigenvalue weighted by molar-refractivity contribution is -0.918. The number of aliphatic carboxylic acids is 1. The van der Waals surface area contributed by atoms with E-state index in [1.54, 1.807) is 0 Å². The van der Waals surface area contributed by atoms with E-state index in [0.29, 0.717) is 17.6 Å². The highest BCUT2D eigenvalue weighted by atomic mass is 16.4. The largest absolute Gasteiger partial charge is 0.544 e. The van der Waals surface area contributed by atoms with Crippen molar-refractivity contribution in [2.45, 2.75) is 91.0 Å². The highest BCUT2D eigenvalue weighted by Crippen LogP contribution is 2.26. The van der Waals surface area contributed by atoms with Crippen LogP contribution in [0.4, 0.5) is 0 Å². The fourth-order valence-electron chi connectivity index (χ4n) is 3.89. The Morgan fingerprint density at radius 3 is 2.00 bits per heavy atom. The van der Waals surface area contributed by atoms with Crippen LogP contribution in [0.2, 0.25) is 0 Å². The summed E-state index contributed by atoms with van der Waals surface area (Å²) in [6.07, 6.45) is 12.7. The van der Waals surface area contributed by atoms with Crippen molar-refractivity contribution < 1.29 is 19.2 Å². The Bertz CT molecular complexity index is 421. The number of likely N-dealkylation sites (N-methyl/N-ethyl adjacent to an activating group) is 1. The van der Waals surface area contributed by atoms with Gasteiger partial charge in [0.1, 0.15) is 12.6 Å². The molecule has 0 aliphatic carbocycles. The summed E-state index contributed by atoms with van der Waals surface area (Å²) >= 11 is 0. The molecule has 5 nitrogen and oxygen atoms in total. The lowest BCUT2D eigenvalue weighted by Crippen LogP contribution is -2.55. The van der Waals surface area contributed by atoms with Crippen molar-refractivity contribution in [2.24, 2.45) is 0 Å². The molecule has 0 aromatic carbocycles. The molecule has 5 heteroatoms. The van der Waals surface area contributed by atoms with E-state index in [-0.39, 0.29) is 18.5 Å². The van der Waals surface area contributed by atoms with Gasteiger partial charge in [-0.2, -0.15) is 0 Å². The molecule has 26 heavy (non-hydrogen) atoms. The van der Waals surface area contributed by atoms with Crippen molar-refractivity contribution >= 4 is 11.9 Å². The number of quaternary nitrogens is 1. The number of unbranched alkanes of at least 4 members (excludes halogenated alkanes) is 8. The molecule has 0 spiro atoms. The highest BCUT2D eigenvalue weighted by molar-refractivity contribution is 5.96. The van der Waals surface area contributed by atoms with Crippen molar-refractivity contribution in [3.05, 3.63) is 0 Å². The molecule has 1 aliphatic heterocycles. The molecule has 0 radical (unpaired) electrons. The molecular weight excluding hydrogens is 328 g/mol. The second kappa shape index (κ2) is 12.3. The van der Waals surface area contributed by atoms with E-state index in [1.807, 2.05) is 18.7 Å². The predicted octanol–water partition coefficient (Wildman–Crippen LogP) is 2.72. The van der Waals surface area contributed by atoms with E-state index in [4.69, 9.17) is 0 Å². The predicted molar refractivity (Wildman–Crippen MR) is 103 cm³/mol. The van der Waals surface area contributed by atoms with Gasteiger partial charge in [0, 0.05) is 0 Å². The third kappa shape index (κ3) is 8.07. The second-order valence-corrected chi connectivity index (χ2v) is 7.89. The molecule has 1 fully saturated rings. The molecule has 0 N–H and O–H groups in total. The van der Waals surface area contributed by atoms with Gasteiger partial charge in [-0.1, -0.05) is 64.7 Å². The molecule has 1 saturated heterocycles. The first kappa shape index (κ1) is 22.9. The van der Waals surface area contributed by atoms with Gasteiger partial charge >= 0.3 is 0 Å². The maximum atomic E-state index is 12.0. The van der Waals surface area contributed by atoms with E-state index in [1.165, 1.54) is 51.4 Å². The number of nitrogens with zero attached hydrogens (tertiary/aromatic N) is 2. The number of carboxylic acids is 1. The van der Waals surface area contributed by atoms with Crippen LogP contribution in [0.1, 0.15) is 85.0 Å². The van der Waals surface area contributed by atoms with Gasteiger partial charge in [-0.15, -0.1) is 0 Å². The van der Waals surface area contributed by atoms with Crippen LogP contribution in [0.25, 0.3) is 0 Å². The standard InChI is InChI=1S/C21H40N2O3/c1-4-7-8-9-10-11-12-13-14-15-19-21(26)22(19)16-17-23(5-2,6-3)18-20(24)25/h19H,4-18H2,1-3H3. The molecule has 1 amide bonds. The first-order valence-corrected chi connectivity index (χ1v) is 10.8. The molecule has 1 rings (SSSR count). The summed E-state index contributed by atoms with van der Waals surface area (Å²) < 4.78 is 0.497. The van der Waals surface area contributed by atoms with Crippen LogP contribution in [0, 0.1) is 0 Å². The van der Waals surface area contributed by atoms with Crippen LogP contribution in [-0.4, -0.2) is 60.0 Å². The summed E-state index contributed by atoms with van der Waals surface area (Å²) in [7, 11) is 0. The Hall–Kier alpha value is -1.10. The van der Waals surface area contributed by atoms with Gasteiger partial charge in [0.05, 0.1) is 32.1 Å². The summed E-state index contributed by atoms with van der Waals surface area (Å²) in [5.74, 6) is -0.750. The topological polar surface area (TPSA) is 60.2 Å². The minimum atomic E-state index is -1.00. The molecule has 0 bridgehead atoms. The van der Waals surface area contributed by atoms with E-state index in [9.17, 15) is 14.7 Å². The van der Waals surface area contributed by atoms with Crippen molar-refractivity contribution in [3.8, 4) is 0 Å². The van der Waals surface area contributed by atoms with Crippen molar-refractivity contribution in [3.63, 3.8) is 0 Å². The van der Waals surface area contributed by atoms with E-state index in [2.05, 4.69) is 6.92 Å². The number of hydrogen-bond donors (Lipinski definition) is 0. The van der Waals surface area contributed by atoms with Crippen LogP contribution in [0.15, 0.2) is 0 Å². The molecule has 1 aliphatic rings. The van der Waals surface area contributed by atoms with Crippen LogP contribution >= 0.6 is 0 Å². The molecule has 0 aromatic rings. The van der Waals surface area contributed by atoms with Gasteiger partial charge in [-0.05, 0) is 20.3 Å². The first-order valence-electron chi connectivity index (χ1n) is 10.8. The third-order valence-corrected chi connectivity index (χ3v) is 6.08. The summed E-state index contributed by atoms with van der Waals surface area (Å²) in [6.45, 7) is 9.21. The molecule has 1 heterocycles. The van der Waals surface area contributed by atoms with Crippen LogP contribution in [0.3, 0.4) is 0 Å². The van der Waals surface area contributed by atoms with Crippen molar-refractivity contribution in [1.29, 1.82) is 0 Å². The van der Waals surface area contributed by atoms with E-state index in [0.717, 1.165) is 25.9 Å². The van der Waals surface area contributed by atoms with E-state index < -0.39 is 5.97 Å². The fourth-order valence-corrected chi connectivity index (χ4v) is 3.89. The Balaban J connectivity index is 2.14. The number of carbonyl (C=O) groups excluding carboxylic acids is 2. The number of carbonyl (C=O) groups is 2. The molecule has 1 atom stereocenters. The number of carboxylic acid groups (broad SMARTS) is 1. The SMILES string of the molecule is CCCCCCCCCCCC1C(=O)N1CC[N+](CC)(CC)CC(=O)[O-]. The smallest absolute Gasteiger partial charge is 0.246 e. The lowest BCUT2D eigenvalue weighted by atomic mass is 10.1. The quantitative estimate of drug-likeness (QED) is 0.225. The maximum absolute atomic E-state index is 12.0. The minimum Gasteiger partial charge on any atom is -0.544 e. The van der Waals surface area contributed by atoms with E-state index >= 15 is 0 Å². The zero-order valence-electron chi connectivity index (χ0n) is 17.3. The van der Waals surface area contributed by atoms with Crippen LogP contribution in [-0.2, 0) is 9.59 Å². The Morgan fingerprint density at radius 2 is 1.50 bits per heavy atom. The number of rotatable bonds is 17. The third-order valence-electron chi connectivity index (χ3n) is 6.08. The highest BCUT2D eigenvalue weighted by Gasteiger charge is 2.45. The summed E-state index contributed by atoms with van der Waals surface area (Å²) in [6, 6.07) is 0.0955. The maximum Gasteiger partial charge on any atom is 0.246 e. The Kier molecular flexibility index (Phi) is 10.9. The zero-order valence-corrected chi connectivity index (χ0v) is 17.3. The monoisotopic (exact) mass is 368 g/mol. The van der Waals surface area contributed by atoms with Gasteiger partial charge in [0.15, 0.2) is 0 Å². The molecular formula is C21H40N2O3. The van der Waals surface area contributed by atoms with Gasteiger partial charge in [0.25, 0.3) is 0 Å². The first-order chi connectivity index (χ1) is 12.5. The second-order valence-electron chi connectivity index (χ2n) is 7.89. The average Bonchev–Trinajstić information content (AvgIpc) is 3.25. The summed E-state index contributed by atoms with van der Waals surface area (Å²) in [5, 5.41) is 11.0. The summed E-state index contributed by atoms with van der Waals surface area (Å²) in [5.41, 5.74) is 0. The van der Waals surface area contributed by atoms with Gasteiger partial charge < -0.3 is 19.3 Å². The Labute approximate surface area is 160 Å². The molecule has 1 unspecified atom stereocenters.